The molecule has 2 saturated heterocycles. The maximum Gasteiger partial charge on any atom is 0.243 e. The number of sulfonamides is 1. The van der Waals surface area contributed by atoms with Gasteiger partial charge in [0.1, 0.15) is 0 Å². The van der Waals surface area contributed by atoms with Crippen molar-refractivity contribution in [3.63, 3.8) is 0 Å². The van der Waals surface area contributed by atoms with E-state index in [9.17, 15) is 8.42 Å². The third-order valence-corrected chi connectivity index (χ3v) is 6.97. The second-order valence-corrected chi connectivity index (χ2v) is 8.69. The van der Waals surface area contributed by atoms with Crippen molar-refractivity contribution in [2.24, 2.45) is 0 Å². The van der Waals surface area contributed by atoms with Gasteiger partial charge in [0.15, 0.2) is 0 Å². The SMILES string of the molecule is O=S(=O)(c1ccc(Br)cc1)N1CCC(N2CCCC2)CC1. The second-order valence-electron chi connectivity index (χ2n) is 5.83. The number of benzene rings is 1. The summed E-state index contributed by atoms with van der Waals surface area (Å²) in [6.45, 7) is 3.65. The van der Waals surface area contributed by atoms with Crippen LogP contribution in [0.25, 0.3) is 0 Å². The molecule has 116 valence electrons. The van der Waals surface area contributed by atoms with Crippen LogP contribution in [-0.2, 0) is 10.0 Å². The van der Waals surface area contributed by atoms with Crippen molar-refractivity contribution in [1.29, 1.82) is 0 Å². The lowest BCUT2D eigenvalue weighted by Gasteiger charge is -2.36. The van der Waals surface area contributed by atoms with Crippen LogP contribution in [-0.4, -0.2) is 49.8 Å². The minimum Gasteiger partial charge on any atom is -0.300 e. The number of rotatable bonds is 3. The maximum atomic E-state index is 12.6. The molecule has 0 bridgehead atoms. The fourth-order valence-corrected chi connectivity index (χ4v) is 5.04. The van der Waals surface area contributed by atoms with Crippen LogP contribution in [0, 0.1) is 0 Å². The quantitative estimate of drug-likeness (QED) is 0.818. The zero-order valence-corrected chi connectivity index (χ0v) is 14.4. The molecule has 21 heavy (non-hydrogen) atoms. The van der Waals surface area contributed by atoms with E-state index in [4.69, 9.17) is 0 Å². The summed E-state index contributed by atoms with van der Waals surface area (Å²) in [6, 6.07) is 7.48. The van der Waals surface area contributed by atoms with E-state index in [-0.39, 0.29) is 0 Å². The molecule has 2 heterocycles. The van der Waals surface area contributed by atoms with Gasteiger partial charge in [-0.05, 0) is 63.0 Å². The molecule has 0 unspecified atom stereocenters. The van der Waals surface area contributed by atoms with Gasteiger partial charge in [0.05, 0.1) is 4.90 Å². The van der Waals surface area contributed by atoms with E-state index >= 15 is 0 Å². The summed E-state index contributed by atoms with van der Waals surface area (Å²) in [5.41, 5.74) is 0. The van der Waals surface area contributed by atoms with Crippen LogP contribution in [0.4, 0.5) is 0 Å². The Morgan fingerprint density at radius 2 is 1.52 bits per heavy atom. The first-order valence-corrected chi connectivity index (χ1v) is 9.80. The number of halogens is 1. The van der Waals surface area contributed by atoms with Crippen LogP contribution < -0.4 is 0 Å². The number of nitrogens with zero attached hydrogens (tertiary/aromatic N) is 2. The van der Waals surface area contributed by atoms with E-state index in [0.717, 1.165) is 17.3 Å². The van der Waals surface area contributed by atoms with Gasteiger partial charge in [-0.25, -0.2) is 8.42 Å². The minimum atomic E-state index is -3.33. The summed E-state index contributed by atoms with van der Waals surface area (Å²) >= 11 is 3.34. The van der Waals surface area contributed by atoms with Gasteiger partial charge in [0.2, 0.25) is 10.0 Å². The summed E-state index contributed by atoms with van der Waals surface area (Å²) in [7, 11) is -3.33. The van der Waals surface area contributed by atoms with Crippen molar-refractivity contribution in [3.05, 3.63) is 28.7 Å². The maximum absolute atomic E-state index is 12.6. The highest BCUT2D eigenvalue weighted by Gasteiger charge is 2.32. The Bertz CT molecular complexity index is 574. The van der Waals surface area contributed by atoms with E-state index < -0.39 is 10.0 Å². The summed E-state index contributed by atoms with van der Waals surface area (Å²) in [6.07, 6.45) is 4.49. The van der Waals surface area contributed by atoms with E-state index in [2.05, 4.69) is 20.8 Å². The lowest BCUT2D eigenvalue weighted by atomic mass is 10.1. The molecular formula is C15H21BrN2O2S. The Morgan fingerprint density at radius 3 is 2.10 bits per heavy atom. The number of hydrogen-bond donors (Lipinski definition) is 0. The topological polar surface area (TPSA) is 40.6 Å². The fraction of sp³-hybridized carbons (Fsp3) is 0.600. The molecule has 0 spiro atoms. The first-order valence-electron chi connectivity index (χ1n) is 7.57. The zero-order valence-electron chi connectivity index (χ0n) is 12.0. The highest BCUT2D eigenvalue weighted by molar-refractivity contribution is 9.10. The van der Waals surface area contributed by atoms with Crippen LogP contribution in [0.2, 0.25) is 0 Å². The van der Waals surface area contributed by atoms with Crippen molar-refractivity contribution >= 4 is 26.0 Å². The van der Waals surface area contributed by atoms with Gasteiger partial charge < -0.3 is 4.90 Å². The van der Waals surface area contributed by atoms with Crippen molar-refractivity contribution < 1.29 is 8.42 Å². The molecule has 6 heteroatoms. The largest absolute Gasteiger partial charge is 0.300 e. The second kappa shape index (κ2) is 6.36. The first kappa shape index (κ1) is 15.5. The molecular weight excluding hydrogens is 352 g/mol. The molecule has 0 aromatic heterocycles. The first-order chi connectivity index (χ1) is 10.1. The van der Waals surface area contributed by atoms with Crippen LogP contribution >= 0.6 is 15.9 Å². The van der Waals surface area contributed by atoms with Gasteiger partial charge in [0.25, 0.3) is 0 Å². The predicted octanol–water partition coefficient (Wildman–Crippen LogP) is 2.70. The average Bonchev–Trinajstić information content (AvgIpc) is 3.02. The summed E-state index contributed by atoms with van der Waals surface area (Å²) in [4.78, 5) is 2.93. The molecule has 4 nitrogen and oxygen atoms in total. The van der Waals surface area contributed by atoms with Gasteiger partial charge in [-0.2, -0.15) is 4.31 Å². The number of likely N-dealkylation sites (tertiary alicyclic amines) is 1. The Labute approximate surface area is 135 Å². The van der Waals surface area contributed by atoms with Gasteiger partial charge in [-0.1, -0.05) is 15.9 Å². The Balaban J connectivity index is 1.66. The Kier molecular flexibility index (Phi) is 4.69. The smallest absolute Gasteiger partial charge is 0.243 e. The molecule has 0 aliphatic carbocycles. The van der Waals surface area contributed by atoms with Crippen molar-refractivity contribution in [2.75, 3.05) is 26.2 Å². The zero-order chi connectivity index (χ0) is 14.9. The predicted molar refractivity (Wildman–Crippen MR) is 86.7 cm³/mol. The Morgan fingerprint density at radius 1 is 0.952 bits per heavy atom. The van der Waals surface area contributed by atoms with Gasteiger partial charge in [-0.3, -0.25) is 0 Å². The molecule has 3 rings (SSSR count). The van der Waals surface area contributed by atoms with E-state index in [1.54, 1.807) is 28.6 Å². The monoisotopic (exact) mass is 372 g/mol. The molecule has 0 radical (unpaired) electrons. The minimum absolute atomic E-state index is 0.394. The lowest BCUT2D eigenvalue weighted by molar-refractivity contribution is 0.168. The fourth-order valence-electron chi connectivity index (χ4n) is 3.31. The van der Waals surface area contributed by atoms with Gasteiger partial charge in [-0.15, -0.1) is 0 Å². The lowest BCUT2D eigenvalue weighted by Crippen LogP contribution is -2.45. The van der Waals surface area contributed by atoms with Crippen molar-refractivity contribution in [2.45, 2.75) is 36.6 Å². The van der Waals surface area contributed by atoms with Gasteiger partial charge in [0, 0.05) is 23.6 Å². The van der Waals surface area contributed by atoms with Crippen LogP contribution in [0.15, 0.2) is 33.6 Å². The highest BCUT2D eigenvalue weighted by atomic mass is 79.9. The third-order valence-electron chi connectivity index (χ3n) is 4.53. The molecule has 0 atom stereocenters. The number of piperidine rings is 1. The molecule has 2 aliphatic rings. The normalized spacial score (nSPS) is 22.7. The van der Waals surface area contributed by atoms with E-state index in [1.807, 2.05) is 0 Å². The van der Waals surface area contributed by atoms with Crippen LogP contribution in [0.3, 0.4) is 0 Å². The van der Waals surface area contributed by atoms with Gasteiger partial charge >= 0.3 is 0 Å². The van der Waals surface area contributed by atoms with E-state index in [0.29, 0.717) is 24.0 Å². The summed E-state index contributed by atoms with van der Waals surface area (Å²) < 4.78 is 27.8. The van der Waals surface area contributed by atoms with Crippen molar-refractivity contribution in [1.82, 2.24) is 9.21 Å². The standard InChI is InChI=1S/C15H21BrN2O2S/c16-13-3-5-15(6-4-13)21(19,20)18-11-7-14(8-12-18)17-9-1-2-10-17/h3-6,14H,1-2,7-12H2. The molecule has 0 N–H and O–H groups in total. The highest BCUT2D eigenvalue weighted by Crippen LogP contribution is 2.25. The van der Waals surface area contributed by atoms with Crippen LogP contribution in [0.1, 0.15) is 25.7 Å². The van der Waals surface area contributed by atoms with Crippen LogP contribution in [0.5, 0.6) is 0 Å². The van der Waals surface area contributed by atoms with Crippen molar-refractivity contribution in [3.8, 4) is 0 Å². The van der Waals surface area contributed by atoms with E-state index in [1.165, 1.54) is 25.9 Å². The Hall–Kier alpha value is -0.430. The third kappa shape index (κ3) is 3.33. The summed E-state index contributed by atoms with van der Waals surface area (Å²) in [5, 5.41) is 0. The molecule has 1 aromatic carbocycles. The molecule has 0 amide bonds. The molecule has 2 fully saturated rings. The summed E-state index contributed by atoms with van der Waals surface area (Å²) in [5.74, 6) is 0. The number of hydrogen-bond acceptors (Lipinski definition) is 3. The molecule has 1 aromatic rings. The average molecular weight is 373 g/mol. The molecule has 2 aliphatic heterocycles. The molecule has 0 saturated carbocycles.